The summed E-state index contributed by atoms with van der Waals surface area (Å²) in [4.78, 5) is 0. The second-order valence-corrected chi connectivity index (χ2v) is 4.41. The fraction of sp³-hybridized carbons (Fsp3) is 1.00. The van der Waals surface area contributed by atoms with Crippen LogP contribution >= 0.6 is 0 Å². The maximum atomic E-state index is 12.5. The van der Waals surface area contributed by atoms with Crippen LogP contribution in [0.25, 0.3) is 0 Å². The molecule has 0 spiro atoms. The fourth-order valence-corrected chi connectivity index (χ4v) is 1.79. The summed E-state index contributed by atoms with van der Waals surface area (Å²) in [5.41, 5.74) is 0. The molecule has 0 unspecified atom stereocenters. The zero-order valence-electron chi connectivity index (χ0n) is 8.45. The molecule has 0 aromatic rings. The second kappa shape index (κ2) is 4.36. The van der Waals surface area contributed by atoms with Gasteiger partial charge in [-0.2, -0.15) is 0 Å². The van der Waals surface area contributed by atoms with E-state index in [1.807, 2.05) is 0 Å². The number of rotatable bonds is 3. The van der Waals surface area contributed by atoms with E-state index in [0.717, 1.165) is 25.7 Å². The lowest BCUT2D eigenvalue weighted by Gasteiger charge is -2.28. The van der Waals surface area contributed by atoms with Gasteiger partial charge in [0.1, 0.15) is 0 Å². The predicted molar refractivity (Wildman–Crippen MR) is 50.0 cm³/mol. The van der Waals surface area contributed by atoms with Gasteiger partial charge in [0.15, 0.2) is 0 Å². The van der Waals surface area contributed by atoms with Gasteiger partial charge in [0.2, 0.25) is 0 Å². The molecule has 3 heteroatoms. The van der Waals surface area contributed by atoms with Crippen LogP contribution in [0.5, 0.6) is 0 Å². The summed E-state index contributed by atoms with van der Waals surface area (Å²) in [7, 11) is 0. The van der Waals surface area contributed by atoms with Gasteiger partial charge in [-0.25, -0.2) is 8.78 Å². The van der Waals surface area contributed by atoms with Gasteiger partial charge in [-0.3, -0.25) is 0 Å². The zero-order valence-corrected chi connectivity index (χ0v) is 8.45. The van der Waals surface area contributed by atoms with Crippen LogP contribution in [-0.4, -0.2) is 18.5 Å². The first-order valence-electron chi connectivity index (χ1n) is 5.08. The van der Waals surface area contributed by atoms with E-state index in [4.69, 9.17) is 0 Å². The van der Waals surface area contributed by atoms with Crippen molar-refractivity contribution in [3.63, 3.8) is 0 Å². The van der Waals surface area contributed by atoms with Crippen molar-refractivity contribution < 1.29 is 8.78 Å². The van der Waals surface area contributed by atoms with Crippen molar-refractivity contribution in [2.75, 3.05) is 6.54 Å². The lowest BCUT2D eigenvalue weighted by atomic mass is 9.87. The van der Waals surface area contributed by atoms with Gasteiger partial charge in [-0.05, 0) is 31.6 Å². The molecule has 1 rings (SSSR count). The molecule has 13 heavy (non-hydrogen) atoms. The summed E-state index contributed by atoms with van der Waals surface area (Å²) in [6.45, 7) is 3.02. The van der Waals surface area contributed by atoms with Crippen molar-refractivity contribution in [3.8, 4) is 0 Å². The van der Waals surface area contributed by atoms with Gasteiger partial charge in [-0.1, -0.05) is 6.92 Å². The minimum Gasteiger partial charge on any atom is -0.308 e. The first kappa shape index (κ1) is 10.9. The smallest absolute Gasteiger partial charge is 0.257 e. The summed E-state index contributed by atoms with van der Waals surface area (Å²) in [5, 5.41) is 2.93. The SMILES string of the molecule is CC1CCC(NCC(C)(F)F)CC1. The van der Waals surface area contributed by atoms with Crippen LogP contribution in [-0.2, 0) is 0 Å². The van der Waals surface area contributed by atoms with Crippen molar-refractivity contribution in [2.24, 2.45) is 5.92 Å². The van der Waals surface area contributed by atoms with Crippen LogP contribution in [0.2, 0.25) is 0 Å². The van der Waals surface area contributed by atoms with Crippen molar-refractivity contribution in [3.05, 3.63) is 0 Å². The summed E-state index contributed by atoms with van der Waals surface area (Å²) < 4.78 is 25.0. The molecule has 0 heterocycles. The molecular weight excluding hydrogens is 172 g/mol. The molecule has 1 aliphatic rings. The van der Waals surface area contributed by atoms with Crippen molar-refractivity contribution in [1.29, 1.82) is 0 Å². The van der Waals surface area contributed by atoms with Crippen LogP contribution in [0, 0.1) is 5.92 Å². The molecule has 1 fully saturated rings. The van der Waals surface area contributed by atoms with Crippen molar-refractivity contribution in [2.45, 2.75) is 51.5 Å². The van der Waals surface area contributed by atoms with E-state index >= 15 is 0 Å². The topological polar surface area (TPSA) is 12.0 Å². The monoisotopic (exact) mass is 191 g/mol. The highest BCUT2D eigenvalue weighted by molar-refractivity contribution is 4.77. The third kappa shape index (κ3) is 4.55. The van der Waals surface area contributed by atoms with Crippen molar-refractivity contribution in [1.82, 2.24) is 5.32 Å². The Bertz CT molecular complexity index is 145. The predicted octanol–water partition coefficient (Wildman–Crippen LogP) is 2.81. The summed E-state index contributed by atoms with van der Waals surface area (Å²) >= 11 is 0. The number of nitrogens with one attached hydrogen (secondary N) is 1. The van der Waals surface area contributed by atoms with Gasteiger partial charge >= 0.3 is 0 Å². The average molecular weight is 191 g/mol. The van der Waals surface area contributed by atoms with Crippen LogP contribution < -0.4 is 5.32 Å². The third-order valence-electron chi connectivity index (χ3n) is 2.72. The Morgan fingerprint density at radius 3 is 2.23 bits per heavy atom. The largest absolute Gasteiger partial charge is 0.308 e. The van der Waals surface area contributed by atoms with E-state index in [9.17, 15) is 8.78 Å². The van der Waals surface area contributed by atoms with E-state index in [-0.39, 0.29) is 6.54 Å². The Morgan fingerprint density at radius 2 is 1.77 bits per heavy atom. The van der Waals surface area contributed by atoms with E-state index in [1.54, 1.807) is 0 Å². The lowest BCUT2D eigenvalue weighted by molar-refractivity contribution is 0.0182. The number of hydrogen-bond donors (Lipinski definition) is 1. The van der Waals surface area contributed by atoms with Gasteiger partial charge < -0.3 is 5.32 Å². The highest BCUT2D eigenvalue weighted by Crippen LogP contribution is 2.23. The molecule has 1 nitrogen and oxygen atoms in total. The third-order valence-corrected chi connectivity index (χ3v) is 2.72. The molecule has 78 valence electrons. The Labute approximate surface area is 78.9 Å². The molecule has 0 atom stereocenters. The minimum atomic E-state index is -2.57. The van der Waals surface area contributed by atoms with Crippen LogP contribution in [0.1, 0.15) is 39.5 Å². The Balaban J connectivity index is 2.16. The number of alkyl halides is 2. The van der Waals surface area contributed by atoms with E-state index in [1.165, 1.54) is 12.8 Å². The van der Waals surface area contributed by atoms with Crippen LogP contribution in [0.3, 0.4) is 0 Å². The van der Waals surface area contributed by atoms with Gasteiger partial charge in [0.25, 0.3) is 5.92 Å². The Kier molecular flexibility index (Phi) is 3.65. The van der Waals surface area contributed by atoms with E-state index in [2.05, 4.69) is 12.2 Å². The molecule has 1 aliphatic carbocycles. The Hall–Kier alpha value is -0.180. The highest BCUT2D eigenvalue weighted by atomic mass is 19.3. The molecule has 1 N–H and O–H groups in total. The standard InChI is InChI=1S/C10H19F2N/c1-8-3-5-9(6-4-8)13-7-10(2,11)12/h8-9,13H,3-7H2,1-2H3. The van der Waals surface area contributed by atoms with E-state index < -0.39 is 5.92 Å². The van der Waals surface area contributed by atoms with Crippen molar-refractivity contribution >= 4 is 0 Å². The molecular formula is C10H19F2N. The average Bonchev–Trinajstić information content (AvgIpc) is 2.02. The molecule has 0 aromatic heterocycles. The quantitative estimate of drug-likeness (QED) is 0.723. The number of halogens is 2. The molecule has 0 radical (unpaired) electrons. The zero-order chi connectivity index (χ0) is 9.90. The summed E-state index contributed by atoms with van der Waals surface area (Å²) in [6.07, 6.45) is 4.45. The molecule has 0 aliphatic heterocycles. The van der Waals surface area contributed by atoms with Gasteiger partial charge in [-0.15, -0.1) is 0 Å². The molecule has 1 saturated carbocycles. The van der Waals surface area contributed by atoms with Gasteiger partial charge in [0.05, 0.1) is 6.54 Å². The van der Waals surface area contributed by atoms with Crippen LogP contribution in [0.15, 0.2) is 0 Å². The first-order valence-corrected chi connectivity index (χ1v) is 5.08. The summed E-state index contributed by atoms with van der Waals surface area (Å²) in [6, 6.07) is 0.321. The fourth-order valence-electron chi connectivity index (χ4n) is 1.79. The lowest BCUT2D eigenvalue weighted by Crippen LogP contribution is -2.39. The molecule has 0 bridgehead atoms. The maximum absolute atomic E-state index is 12.5. The normalized spacial score (nSPS) is 30.5. The summed E-state index contributed by atoms with van der Waals surface area (Å²) in [5.74, 6) is -1.79. The van der Waals surface area contributed by atoms with E-state index in [0.29, 0.717) is 6.04 Å². The molecule has 0 aromatic carbocycles. The van der Waals surface area contributed by atoms with Gasteiger partial charge in [0, 0.05) is 13.0 Å². The second-order valence-electron chi connectivity index (χ2n) is 4.41. The molecule has 0 amide bonds. The Morgan fingerprint density at radius 1 is 1.23 bits per heavy atom. The first-order chi connectivity index (χ1) is 5.97. The van der Waals surface area contributed by atoms with Crippen LogP contribution in [0.4, 0.5) is 8.78 Å². The number of hydrogen-bond acceptors (Lipinski definition) is 1. The maximum Gasteiger partial charge on any atom is 0.257 e. The molecule has 0 saturated heterocycles. The highest BCUT2D eigenvalue weighted by Gasteiger charge is 2.24. The minimum absolute atomic E-state index is 0.175.